The highest BCUT2D eigenvalue weighted by atomic mass is 32.1. The second-order valence-corrected chi connectivity index (χ2v) is 6.38. The molecule has 2 rings (SSSR count). The van der Waals surface area contributed by atoms with E-state index in [9.17, 15) is 0 Å². The van der Waals surface area contributed by atoms with Crippen molar-refractivity contribution < 1.29 is 0 Å². The van der Waals surface area contributed by atoms with Crippen LogP contribution in [0.2, 0.25) is 0 Å². The Balaban J connectivity index is 2.22. The number of likely N-dealkylation sites (N-methyl/N-ethyl adjacent to an activating group) is 1. The van der Waals surface area contributed by atoms with Gasteiger partial charge in [0.05, 0.1) is 0 Å². The molecular formula is C17H23NS. The van der Waals surface area contributed by atoms with Crippen molar-refractivity contribution in [3.63, 3.8) is 0 Å². The summed E-state index contributed by atoms with van der Waals surface area (Å²) >= 11 is 1.94. The summed E-state index contributed by atoms with van der Waals surface area (Å²) in [4.78, 5) is 2.95. The van der Waals surface area contributed by atoms with Gasteiger partial charge >= 0.3 is 0 Å². The second kappa shape index (κ2) is 6.36. The Morgan fingerprint density at radius 2 is 1.84 bits per heavy atom. The second-order valence-electron chi connectivity index (χ2n) is 5.13. The summed E-state index contributed by atoms with van der Waals surface area (Å²) in [6, 6.07) is 11.7. The molecule has 2 heteroatoms. The van der Waals surface area contributed by atoms with Gasteiger partial charge in [0.15, 0.2) is 0 Å². The first-order valence-electron chi connectivity index (χ1n) is 6.96. The van der Waals surface area contributed by atoms with E-state index in [1.165, 1.54) is 26.4 Å². The molecule has 0 aliphatic carbocycles. The van der Waals surface area contributed by atoms with Crippen LogP contribution in [0, 0.1) is 13.8 Å². The maximum absolute atomic E-state index is 3.47. The van der Waals surface area contributed by atoms with Crippen molar-refractivity contribution >= 4 is 11.3 Å². The Hall–Kier alpha value is -1.12. The van der Waals surface area contributed by atoms with Crippen LogP contribution in [0.25, 0.3) is 0 Å². The number of benzene rings is 1. The summed E-state index contributed by atoms with van der Waals surface area (Å²) in [6.45, 7) is 6.58. The van der Waals surface area contributed by atoms with E-state index in [4.69, 9.17) is 0 Å². The summed E-state index contributed by atoms with van der Waals surface area (Å²) in [7, 11) is 2.06. The van der Waals surface area contributed by atoms with Crippen molar-refractivity contribution in [3.8, 4) is 0 Å². The molecule has 1 aromatic carbocycles. The Labute approximate surface area is 120 Å². The number of thiophene rings is 1. The molecule has 1 aromatic heterocycles. The molecule has 0 aliphatic heterocycles. The Morgan fingerprint density at radius 1 is 1.11 bits per heavy atom. The van der Waals surface area contributed by atoms with Crippen LogP contribution in [-0.4, -0.2) is 7.05 Å². The third-order valence-electron chi connectivity index (χ3n) is 3.63. The normalized spacial score (nSPS) is 12.6. The molecule has 0 fully saturated rings. The SMILES string of the molecule is CCc1ccc(CC(NC)c2cc(C)ccc2C)s1. The molecule has 0 saturated carbocycles. The van der Waals surface area contributed by atoms with Gasteiger partial charge in [-0.25, -0.2) is 0 Å². The smallest absolute Gasteiger partial charge is 0.0369 e. The quantitative estimate of drug-likeness (QED) is 0.849. The fourth-order valence-corrected chi connectivity index (χ4v) is 3.43. The van der Waals surface area contributed by atoms with Gasteiger partial charge in [-0.2, -0.15) is 0 Å². The summed E-state index contributed by atoms with van der Waals surface area (Å²) in [6.07, 6.45) is 2.21. The topological polar surface area (TPSA) is 12.0 Å². The summed E-state index contributed by atoms with van der Waals surface area (Å²) in [5.74, 6) is 0. The van der Waals surface area contributed by atoms with Gasteiger partial charge in [0, 0.05) is 22.2 Å². The van der Waals surface area contributed by atoms with E-state index < -0.39 is 0 Å². The van der Waals surface area contributed by atoms with Crippen LogP contribution >= 0.6 is 11.3 Å². The third kappa shape index (κ3) is 3.46. The zero-order valence-electron chi connectivity index (χ0n) is 12.3. The van der Waals surface area contributed by atoms with Gasteiger partial charge in [0.1, 0.15) is 0 Å². The van der Waals surface area contributed by atoms with Crippen LogP contribution in [0.5, 0.6) is 0 Å². The molecule has 0 aliphatic rings. The fraction of sp³-hybridized carbons (Fsp3) is 0.412. The van der Waals surface area contributed by atoms with Crippen LogP contribution < -0.4 is 5.32 Å². The monoisotopic (exact) mass is 273 g/mol. The van der Waals surface area contributed by atoms with Crippen molar-refractivity contribution in [2.24, 2.45) is 0 Å². The largest absolute Gasteiger partial charge is 0.313 e. The van der Waals surface area contributed by atoms with Gasteiger partial charge in [0.2, 0.25) is 0 Å². The lowest BCUT2D eigenvalue weighted by Gasteiger charge is -2.19. The van der Waals surface area contributed by atoms with Crippen LogP contribution in [0.4, 0.5) is 0 Å². The minimum atomic E-state index is 0.406. The lowest BCUT2D eigenvalue weighted by molar-refractivity contribution is 0.593. The Morgan fingerprint density at radius 3 is 2.47 bits per heavy atom. The molecule has 0 radical (unpaired) electrons. The molecule has 0 amide bonds. The number of rotatable bonds is 5. The predicted molar refractivity (Wildman–Crippen MR) is 85.1 cm³/mol. The Kier molecular flexibility index (Phi) is 4.78. The molecular weight excluding hydrogens is 250 g/mol. The lowest BCUT2D eigenvalue weighted by atomic mass is 9.96. The molecule has 1 heterocycles. The van der Waals surface area contributed by atoms with Crippen molar-refractivity contribution in [2.45, 2.75) is 39.7 Å². The first-order valence-corrected chi connectivity index (χ1v) is 7.77. The fourth-order valence-electron chi connectivity index (χ4n) is 2.43. The van der Waals surface area contributed by atoms with E-state index in [1.807, 2.05) is 11.3 Å². The predicted octanol–water partition coefficient (Wildman–Crippen LogP) is 4.43. The summed E-state index contributed by atoms with van der Waals surface area (Å²) < 4.78 is 0. The van der Waals surface area contributed by atoms with Crippen LogP contribution in [0.1, 0.15) is 39.4 Å². The van der Waals surface area contributed by atoms with E-state index in [0.717, 1.165) is 12.8 Å². The van der Waals surface area contributed by atoms with Crippen molar-refractivity contribution in [1.82, 2.24) is 5.32 Å². The number of aryl methyl sites for hydroxylation is 3. The molecule has 1 unspecified atom stereocenters. The molecule has 0 spiro atoms. The van der Waals surface area contributed by atoms with Gasteiger partial charge in [-0.3, -0.25) is 0 Å². The third-order valence-corrected chi connectivity index (χ3v) is 4.88. The minimum absolute atomic E-state index is 0.406. The average Bonchev–Trinajstić information content (AvgIpc) is 2.87. The number of nitrogens with one attached hydrogen (secondary N) is 1. The molecule has 1 N–H and O–H groups in total. The van der Waals surface area contributed by atoms with E-state index in [-0.39, 0.29) is 0 Å². The van der Waals surface area contributed by atoms with Gasteiger partial charge in [-0.05, 0) is 50.6 Å². The summed E-state index contributed by atoms with van der Waals surface area (Å²) in [5.41, 5.74) is 4.13. The standard InChI is InChI=1S/C17H23NS/c1-5-14-8-9-15(19-14)11-17(18-4)16-10-12(2)6-7-13(16)3/h6-10,17-18H,5,11H2,1-4H3. The first-order chi connectivity index (χ1) is 9.13. The van der Waals surface area contributed by atoms with E-state index in [0.29, 0.717) is 6.04 Å². The molecule has 0 saturated heterocycles. The average molecular weight is 273 g/mol. The van der Waals surface area contributed by atoms with E-state index in [1.54, 1.807) is 0 Å². The van der Waals surface area contributed by atoms with Gasteiger partial charge in [0.25, 0.3) is 0 Å². The molecule has 2 aromatic rings. The highest BCUT2D eigenvalue weighted by Gasteiger charge is 2.13. The molecule has 0 bridgehead atoms. The minimum Gasteiger partial charge on any atom is -0.313 e. The lowest BCUT2D eigenvalue weighted by Crippen LogP contribution is -2.19. The first kappa shape index (κ1) is 14.3. The molecule has 1 atom stereocenters. The Bertz CT molecular complexity index is 542. The van der Waals surface area contributed by atoms with E-state index >= 15 is 0 Å². The maximum atomic E-state index is 3.47. The molecule has 102 valence electrons. The molecule has 1 nitrogen and oxygen atoms in total. The highest BCUT2D eigenvalue weighted by molar-refractivity contribution is 7.11. The summed E-state index contributed by atoms with van der Waals surface area (Å²) in [5, 5.41) is 3.47. The van der Waals surface area contributed by atoms with Crippen LogP contribution in [0.3, 0.4) is 0 Å². The number of hydrogen-bond donors (Lipinski definition) is 1. The highest BCUT2D eigenvalue weighted by Crippen LogP contribution is 2.26. The van der Waals surface area contributed by atoms with Crippen molar-refractivity contribution in [3.05, 3.63) is 56.8 Å². The van der Waals surface area contributed by atoms with Crippen molar-refractivity contribution in [1.29, 1.82) is 0 Å². The van der Waals surface area contributed by atoms with Gasteiger partial charge in [-0.1, -0.05) is 30.7 Å². The zero-order chi connectivity index (χ0) is 13.8. The van der Waals surface area contributed by atoms with E-state index in [2.05, 4.69) is 63.5 Å². The van der Waals surface area contributed by atoms with Crippen LogP contribution in [0.15, 0.2) is 30.3 Å². The molecule has 19 heavy (non-hydrogen) atoms. The number of hydrogen-bond acceptors (Lipinski definition) is 2. The zero-order valence-corrected chi connectivity index (χ0v) is 13.1. The van der Waals surface area contributed by atoms with Gasteiger partial charge in [-0.15, -0.1) is 11.3 Å². The van der Waals surface area contributed by atoms with Gasteiger partial charge < -0.3 is 5.32 Å². The van der Waals surface area contributed by atoms with Crippen LogP contribution in [-0.2, 0) is 12.8 Å². The maximum Gasteiger partial charge on any atom is 0.0369 e. The van der Waals surface area contributed by atoms with Crippen molar-refractivity contribution in [2.75, 3.05) is 7.05 Å².